The molecule has 0 radical (unpaired) electrons. The standard InChI is InChI=1S/C12H23N3O4S/c16-12(17)10-3-1-8-15(9-10)20(18,19)14-7-2-6-13-11-4-5-11/h10-11,13-14H,1-9H2,(H,16,17). The number of piperidine rings is 1. The zero-order valence-electron chi connectivity index (χ0n) is 11.5. The van der Waals surface area contributed by atoms with E-state index < -0.39 is 22.1 Å². The van der Waals surface area contributed by atoms with Gasteiger partial charge in [-0.15, -0.1) is 0 Å². The predicted molar refractivity (Wildman–Crippen MR) is 74.5 cm³/mol. The minimum atomic E-state index is -3.54. The molecule has 0 bridgehead atoms. The predicted octanol–water partition coefficient (Wildman–Crippen LogP) is -0.240. The summed E-state index contributed by atoms with van der Waals surface area (Å²) in [6.45, 7) is 1.67. The van der Waals surface area contributed by atoms with Crippen LogP contribution in [0.4, 0.5) is 0 Å². The number of nitrogens with one attached hydrogen (secondary N) is 2. The summed E-state index contributed by atoms with van der Waals surface area (Å²) in [5.74, 6) is -1.50. The maximum Gasteiger partial charge on any atom is 0.307 e. The van der Waals surface area contributed by atoms with Crippen molar-refractivity contribution < 1.29 is 18.3 Å². The van der Waals surface area contributed by atoms with Crippen LogP contribution in [0.15, 0.2) is 0 Å². The fourth-order valence-corrected chi connectivity index (χ4v) is 3.67. The van der Waals surface area contributed by atoms with Crippen molar-refractivity contribution in [3.63, 3.8) is 0 Å². The molecule has 2 rings (SSSR count). The molecule has 7 nitrogen and oxygen atoms in total. The SMILES string of the molecule is O=C(O)C1CCCN(S(=O)(=O)NCCCNC2CC2)C1. The van der Waals surface area contributed by atoms with E-state index in [1.807, 2.05) is 0 Å². The van der Waals surface area contributed by atoms with Gasteiger partial charge < -0.3 is 10.4 Å². The lowest BCUT2D eigenvalue weighted by Gasteiger charge is -2.29. The van der Waals surface area contributed by atoms with Crippen LogP contribution in [-0.4, -0.2) is 56.0 Å². The number of carboxylic acid groups (broad SMARTS) is 1. The minimum absolute atomic E-state index is 0.0744. The Hall–Kier alpha value is -0.700. The molecule has 1 unspecified atom stereocenters. The summed E-state index contributed by atoms with van der Waals surface area (Å²) in [4.78, 5) is 10.9. The first-order valence-electron chi connectivity index (χ1n) is 7.20. The van der Waals surface area contributed by atoms with E-state index >= 15 is 0 Å². The molecule has 0 aromatic heterocycles. The van der Waals surface area contributed by atoms with Crippen molar-refractivity contribution in [2.45, 2.75) is 38.1 Å². The number of rotatable bonds is 8. The van der Waals surface area contributed by atoms with Gasteiger partial charge in [0.2, 0.25) is 0 Å². The highest BCUT2D eigenvalue weighted by Gasteiger charge is 2.31. The second kappa shape index (κ2) is 6.84. The van der Waals surface area contributed by atoms with Crippen LogP contribution >= 0.6 is 0 Å². The number of carbonyl (C=O) groups is 1. The van der Waals surface area contributed by atoms with E-state index in [2.05, 4.69) is 10.0 Å². The van der Waals surface area contributed by atoms with Crippen molar-refractivity contribution in [1.29, 1.82) is 0 Å². The second-order valence-electron chi connectivity index (χ2n) is 5.52. The molecule has 1 aliphatic carbocycles. The number of nitrogens with zero attached hydrogens (tertiary/aromatic N) is 1. The van der Waals surface area contributed by atoms with Crippen LogP contribution in [0.5, 0.6) is 0 Å². The minimum Gasteiger partial charge on any atom is -0.481 e. The summed E-state index contributed by atoms with van der Waals surface area (Å²) < 4.78 is 27.9. The van der Waals surface area contributed by atoms with Gasteiger partial charge in [-0.3, -0.25) is 4.79 Å². The largest absolute Gasteiger partial charge is 0.481 e. The lowest BCUT2D eigenvalue weighted by molar-refractivity contribution is -0.142. The second-order valence-corrected chi connectivity index (χ2v) is 7.27. The van der Waals surface area contributed by atoms with Gasteiger partial charge in [0.1, 0.15) is 0 Å². The first kappa shape index (κ1) is 15.7. The number of carboxylic acids is 1. The lowest BCUT2D eigenvalue weighted by Crippen LogP contribution is -2.47. The highest BCUT2D eigenvalue weighted by atomic mass is 32.2. The Kier molecular flexibility index (Phi) is 5.36. The third-order valence-corrected chi connectivity index (χ3v) is 5.30. The molecule has 20 heavy (non-hydrogen) atoms. The molecule has 1 atom stereocenters. The molecule has 2 fully saturated rings. The van der Waals surface area contributed by atoms with Crippen molar-refractivity contribution in [3.8, 4) is 0 Å². The zero-order valence-corrected chi connectivity index (χ0v) is 12.4. The maximum atomic E-state index is 12.1. The molecule has 8 heteroatoms. The third kappa shape index (κ3) is 4.69. The smallest absolute Gasteiger partial charge is 0.307 e. The molecule has 0 aromatic carbocycles. The topological polar surface area (TPSA) is 98.7 Å². The fourth-order valence-electron chi connectivity index (χ4n) is 2.34. The van der Waals surface area contributed by atoms with Crippen LogP contribution in [-0.2, 0) is 15.0 Å². The van der Waals surface area contributed by atoms with Crippen molar-refractivity contribution in [3.05, 3.63) is 0 Å². The van der Waals surface area contributed by atoms with E-state index in [4.69, 9.17) is 5.11 Å². The molecule has 1 aliphatic heterocycles. The van der Waals surface area contributed by atoms with Crippen LogP contribution < -0.4 is 10.0 Å². The van der Waals surface area contributed by atoms with Gasteiger partial charge in [-0.05, 0) is 38.6 Å². The van der Waals surface area contributed by atoms with Crippen LogP contribution in [0.3, 0.4) is 0 Å². The van der Waals surface area contributed by atoms with Gasteiger partial charge in [0.05, 0.1) is 5.92 Å². The van der Waals surface area contributed by atoms with E-state index in [1.165, 1.54) is 17.1 Å². The highest BCUT2D eigenvalue weighted by Crippen LogP contribution is 2.19. The van der Waals surface area contributed by atoms with Gasteiger partial charge in [0.25, 0.3) is 10.2 Å². The Labute approximate surface area is 119 Å². The number of hydrogen-bond donors (Lipinski definition) is 3. The van der Waals surface area contributed by atoms with Crippen LogP contribution in [0.25, 0.3) is 0 Å². The van der Waals surface area contributed by atoms with Crippen LogP contribution in [0, 0.1) is 5.92 Å². The van der Waals surface area contributed by atoms with Crippen molar-refractivity contribution >= 4 is 16.2 Å². The average molecular weight is 305 g/mol. The highest BCUT2D eigenvalue weighted by molar-refractivity contribution is 7.87. The van der Waals surface area contributed by atoms with Crippen molar-refractivity contribution in [2.75, 3.05) is 26.2 Å². The van der Waals surface area contributed by atoms with Gasteiger partial charge >= 0.3 is 5.97 Å². The monoisotopic (exact) mass is 305 g/mol. The fraction of sp³-hybridized carbons (Fsp3) is 0.917. The molecule has 0 aromatic rings. The molecule has 1 heterocycles. The normalized spacial score (nSPS) is 24.7. The molecule has 1 saturated heterocycles. The van der Waals surface area contributed by atoms with E-state index in [-0.39, 0.29) is 6.54 Å². The van der Waals surface area contributed by atoms with Gasteiger partial charge in [-0.2, -0.15) is 12.7 Å². The molecule has 1 saturated carbocycles. The molecule has 3 N–H and O–H groups in total. The summed E-state index contributed by atoms with van der Waals surface area (Å²) in [6, 6.07) is 0.630. The Morgan fingerprint density at radius 2 is 2.00 bits per heavy atom. The van der Waals surface area contributed by atoms with E-state index in [9.17, 15) is 13.2 Å². The summed E-state index contributed by atoms with van der Waals surface area (Å²) in [5, 5.41) is 12.3. The van der Waals surface area contributed by atoms with Crippen molar-refractivity contribution in [1.82, 2.24) is 14.3 Å². The Morgan fingerprint density at radius 3 is 2.65 bits per heavy atom. The van der Waals surface area contributed by atoms with Gasteiger partial charge in [-0.25, -0.2) is 4.72 Å². The summed E-state index contributed by atoms with van der Waals surface area (Å²) in [6.07, 6.45) is 4.33. The number of hydrogen-bond acceptors (Lipinski definition) is 4. The Bertz CT molecular complexity index is 436. The summed E-state index contributed by atoms with van der Waals surface area (Å²) in [5.41, 5.74) is 0. The van der Waals surface area contributed by atoms with E-state index in [1.54, 1.807) is 0 Å². The third-order valence-electron chi connectivity index (χ3n) is 3.72. The molecule has 116 valence electrons. The Balaban J connectivity index is 1.72. The molecular formula is C12H23N3O4S. The first-order valence-corrected chi connectivity index (χ1v) is 8.64. The Morgan fingerprint density at radius 1 is 1.25 bits per heavy atom. The van der Waals surface area contributed by atoms with E-state index in [0.717, 1.165) is 13.0 Å². The molecule has 0 spiro atoms. The number of aliphatic carboxylic acids is 1. The zero-order chi connectivity index (χ0) is 14.6. The lowest BCUT2D eigenvalue weighted by atomic mass is 10.0. The van der Waals surface area contributed by atoms with Crippen LogP contribution in [0.1, 0.15) is 32.1 Å². The van der Waals surface area contributed by atoms with Gasteiger partial charge in [0.15, 0.2) is 0 Å². The summed E-state index contributed by atoms with van der Waals surface area (Å²) in [7, 11) is -3.54. The first-order chi connectivity index (χ1) is 9.49. The quantitative estimate of drug-likeness (QED) is 0.538. The molecular weight excluding hydrogens is 282 g/mol. The van der Waals surface area contributed by atoms with Crippen LogP contribution in [0.2, 0.25) is 0 Å². The van der Waals surface area contributed by atoms with E-state index in [0.29, 0.717) is 32.0 Å². The van der Waals surface area contributed by atoms with Gasteiger partial charge in [0, 0.05) is 25.7 Å². The molecule has 2 aliphatic rings. The average Bonchev–Trinajstić information content (AvgIpc) is 3.22. The maximum absolute atomic E-state index is 12.1. The summed E-state index contributed by atoms with van der Waals surface area (Å²) >= 11 is 0. The van der Waals surface area contributed by atoms with Crippen molar-refractivity contribution in [2.24, 2.45) is 5.92 Å². The molecule has 0 amide bonds. The van der Waals surface area contributed by atoms with Gasteiger partial charge in [-0.1, -0.05) is 0 Å².